The Morgan fingerprint density at radius 2 is 2.18 bits per heavy atom. The van der Waals surface area contributed by atoms with Crippen LogP contribution in [0.2, 0.25) is 0 Å². The zero-order chi connectivity index (χ0) is 11.8. The average molecular weight is 231 g/mol. The van der Waals surface area contributed by atoms with Gasteiger partial charge in [-0.05, 0) is 36.6 Å². The van der Waals surface area contributed by atoms with Gasteiger partial charge in [-0.2, -0.15) is 0 Å². The number of hydrogen-bond donors (Lipinski definition) is 1. The summed E-state index contributed by atoms with van der Waals surface area (Å²) in [7, 11) is 1.85. The molecule has 90 valence electrons. The van der Waals surface area contributed by atoms with Gasteiger partial charge in [-0.25, -0.2) is 4.79 Å². The molecule has 0 spiro atoms. The lowest BCUT2D eigenvalue weighted by molar-refractivity contribution is 0.229. The molecule has 2 heterocycles. The first-order valence-corrected chi connectivity index (χ1v) is 6.15. The van der Waals surface area contributed by atoms with Gasteiger partial charge in [-0.15, -0.1) is 0 Å². The first kappa shape index (κ1) is 10.4. The van der Waals surface area contributed by atoms with Gasteiger partial charge in [0.1, 0.15) is 0 Å². The highest BCUT2D eigenvalue weighted by Crippen LogP contribution is 2.28. The fourth-order valence-electron chi connectivity index (χ4n) is 2.52. The van der Waals surface area contributed by atoms with Crippen LogP contribution < -0.4 is 10.2 Å². The van der Waals surface area contributed by atoms with E-state index in [4.69, 9.17) is 0 Å². The molecule has 0 unspecified atom stereocenters. The molecule has 1 fully saturated rings. The highest BCUT2D eigenvalue weighted by atomic mass is 16.2. The lowest BCUT2D eigenvalue weighted by Gasteiger charge is -2.22. The maximum absolute atomic E-state index is 11.9. The van der Waals surface area contributed by atoms with E-state index in [0.29, 0.717) is 0 Å². The molecule has 0 saturated carbocycles. The van der Waals surface area contributed by atoms with E-state index in [2.05, 4.69) is 17.4 Å². The molecule has 1 aromatic rings. The highest BCUT2D eigenvalue weighted by molar-refractivity contribution is 5.94. The summed E-state index contributed by atoms with van der Waals surface area (Å²) in [5.41, 5.74) is 3.58. The zero-order valence-corrected chi connectivity index (χ0v) is 10.1. The van der Waals surface area contributed by atoms with Gasteiger partial charge in [0.2, 0.25) is 0 Å². The Morgan fingerprint density at radius 1 is 1.29 bits per heavy atom. The van der Waals surface area contributed by atoms with Crippen molar-refractivity contribution in [3.8, 4) is 0 Å². The number of fused-ring (bicyclic) bond motifs is 1. The van der Waals surface area contributed by atoms with E-state index in [0.717, 1.165) is 31.7 Å². The van der Waals surface area contributed by atoms with E-state index in [1.54, 1.807) is 4.90 Å². The van der Waals surface area contributed by atoms with Crippen LogP contribution in [0.3, 0.4) is 0 Å². The van der Waals surface area contributed by atoms with Crippen LogP contribution in [0.25, 0.3) is 0 Å². The Bertz CT molecular complexity index is 458. The number of anilines is 2. The molecule has 2 amide bonds. The molecule has 0 aliphatic carbocycles. The summed E-state index contributed by atoms with van der Waals surface area (Å²) < 4.78 is 0. The van der Waals surface area contributed by atoms with Crippen LogP contribution in [0.5, 0.6) is 0 Å². The van der Waals surface area contributed by atoms with E-state index in [-0.39, 0.29) is 6.03 Å². The summed E-state index contributed by atoms with van der Waals surface area (Å²) in [6, 6.07) is 6.39. The third kappa shape index (κ3) is 1.73. The number of carbonyl (C=O) groups excluding carboxylic acids is 1. The quantitative estimate of drug-likeness (QED) is 0.801. The molecule has 4 nitrogen and oxygen atoms in total. The Morgan fingerprint density at radius 3 is 2.94 bits per heavy atom. The summed E-state index contributed by atoms with van der Waals surface area (Å²) in [6.45, 7) is 2.66. The largest absolute Gasteiger partial charge is 0.385 e. The third-order valence-corrected chi connectivity index (χ3v) is 3.56. The van der Waals surface area contributed by atoms with Crippen LogP contribution >= 0.6 is 0 Å². The van der Waals surface area contributed by atoms with Crippen molar-refractivity contribution in [1.29, 1.82) is 0 Å². The molecule has 1 aromatic carbocycles. The van der Waals surface area contributed by atoms with Gasteiger partial charge < -0.3 is 10.2 Å². The number of carbonyl (C=O) groups is 1. The predicted molar refractivity (Wildman–Crippen MR) is 68.6 cm³/mol. The normalized spacial score (nSPS) is 19.2. The predicted octanol–water partition coefficient (Wildman–Crippen LogP) is 1.92. The molecule has 0 radical (unpaired) electrons. The van der Waals surface area contributed by atoms with Crippen molar-refractivity contribution in [2.24, 2.45) is 0 Å². The lowest BCUT2D eigenvalue weighted by atomic mass is 10.0. The van der Waals surface area contributed by atoms with E-state index in [1.165, 1.54) is 17.7 Å². The number of benzene rings is 1. The van der Waals surface area contributed by atoms with Crippen molar-refractivity contribution in [1.82, 2.24) is 4.90 Å². The minimum Gasteiger partial charge on any atom is -0.385 e. The number of urea groups is 1. The van der Waals surface area contributed by atoms with Crippen molar-refractivity contribution in [3.63, 3.8) is 0 Å². The van der Waals surface area contributed by atoms with Gasteiger partial charge in [-0.1, -0.05) is 0 Å². The second-order valence-corrected chi connectivity index (χ2v) is 4.73. The Hall–Kier alpha value is -1.71. The van der Waals surface area contributed by atoms with Gasteiger partial charge in [-0.3, -0.25) is 4.90 Å². The summed E-state index contributed by atoms with van der Waals surface area (Å²) in [6.07, 6.45) is 2.28. The van der Waals surface area contributed by atoms with Gasteiger partial charge in [0.05, 0.1) is 0 Å². The number of nitrogens with zero attached hydrogens (tertiary/aromatic N) is 2. The third-order valence-electron chi connectivity index (χ3n) is 3.56. The molecule has 17 heavy (non-hydrogen) atoms. The Balaban J connectivity index is 1.91. The maximum Gasteiger partial charge on any atom is 0.324 e. The number of nitrogens with one attached hydrogen (secondary N) is 1. The van der Waals surface area contributed by atoms with E-state index < -0.39 is 0 Å². The van der Waals surface area contributed by atoms with E-state index in [1.807, 2.05) is 18.0 Å². The van der Waals surface area contributed by atoms with Gasteiger partial charge in [0.25, 0.3) is 0 Å². The average Bonchev–Trinajstić information content (AvgIpc) is 2.70. The van der Waals surface area contributed by atoms with Crippen LogP contribution in [0.4, 0.5) is 16.2 Å². The van der Waals surface area contributed by atoms with E-state index >= 15 is 0 Å². The molecule has 2 aliphatic rings. The minimum atomic E-state index is 0.105. The fourth-order valence-corrected chi connectivity index (χ4v) is 2.52. The molecule has 1 N–H and O–H groups in total. The minimum absolute atomic E-state index is 0.105. The smallest absolute Gasteiger partial charge is 0.324 e. The second kappa shape index (κ2) is 3.95. The van der Waals surface area contributed by atoms with Crippen LogP contribution in [-0.4, -0.2) is 37.6 Å². The number of likely N-dealkylation sites (N-methyl/N-ethyl adjacent to an activating group) is 1. The zero-order valence-electron chi connectivity index (χ0n) is 10.1. The van der Waals surface area contributed by atoms with Crippen molar-refractivity contribution in [2.45, 2.75) is 12.8 Å². The van der Waals surface area contributed by atoms with E-state index in [9.17, 15) is 4.79 Å². The molecule has 3 rings (SSSR count). The molecule has 0 atom stereocenters. The summed E-state index contributed by atoms with van der Waals surface area (Å²) in [5, 5.41) is 3.39. The molecule has 0 aromatic heterocycles. The SMILES string of the molecule is CN1CCN(c2ccc3c(c2)CCCN3)C1=O. The van der Waals surface area contributed by atoms with Gasteiger partial charge in [0.15, 0.2) is 0 Å². The Labute approximate surface area is 101 Å². The van der Waals surface area contributed by atoms with Crippen molar-refractivity contribution < 1.29 is 4.79 Å². The van der Waals surface area contributed by atoms with Crippen molar-refractivity contribution in [3.05, 3.63) is 23.8 Å². The van der Waals surface area contributed by atoms with Crippen LogP contribution in [0.15, 0.2) is 18.2 Å². The molecule has 2 aliphatic heterocycles. The van der Waals surface area contributed by atoms with Crippen molar-refractivity contribution >= 4 is 17.4 Å². The molecular formula is C13H17N3O. The van der Waals surface area contributed by atoms with Crippen molar-refractivity contribution in [2.75, 3.05) is 36.9 Å². The standard InChI is InChI=1S/C13H17N3O/c1-15-7-8-16(13(15)17)11-4-5-12-10(9-11)3-2-6-14-12/h4-5,9,14H,2-3,6-8H2,1H3. The van der Waals surface area contributed by atoms with Crippen LogP contribution in [0.1, 0.15) is 12.0 Å². The fraction of sp³-hybridized carbons (Fsp3) is 0.462. The molecule has 1 saturated heterocycles. The number of amides is 2. The summed E-state index contributed by atoms with van der Waals surface area (Å²) in [4.78, 5) is 15.5. The molecule has 4 heteroatoms. The highest BCUT2D eigenvalue weighted by Gasteiger charge is 2.27. The van der Waals surface area contributed by atoms with Gasteiger partial charge >= 0.3 is 6.03 Å². The Kier molecular flexibility index (Phi) is 2.42. The monoisotopic (exact) mass is 231 g/mol. The summed E-state index contributed by atoms with van der Waals surface area (Å²) >= 11 is 0. The topological polar surface area (TPSA) is 35.6 Å². The second-order valence-electron chi connectivity index (χ2n) is 4.73. The summed E-state index contributed by atoms with van der Waals surface area (Å²) in [5.74, 6) is 0. The molecule has 0 bridgehead atoms. The van der Waals surface area contributed by atoms with Gasteiger partial charge in [0, 0.05) is 38.1 Å². The van der Waals surface area contributed by atoms with Crippen LogP contribution in [0, 0.1) is 0 Å². The number of hydrogen-bond acceptors (Lipinski definition) is 2. The first-order valence-electron chi connectivity index (χ1n) is 6.15. The maximum atomic E-state index is 11.9. The van der Waals surface area contributed by atoms with Crippen LogP contribution in [-0.2, 0) is 6.42 Å². The lowest BCUT2D eigenvalue weighted by Crippen LogP contribution is -2.29. The molecular weight excluding hydrogens is 214 g/mol. The number of rotatable bonds is 1. The first-order chi connectivity index (χ1) is 8.25. The number of aryl methyl sites for hydroxylation is 1.